The summed E-state index contributed by atoms with van der Waals surface area (Å²) in [5, 5.41) is 17.0. The Balaban J connectivity index is 1.30. The third kappa shape index (κ3) is 4.70. The van der Waals surface area contributed by atoms with E-state index in [1.807, 2.05) is 36.4 Å². The molecule has 2 aromatic rings. The van der Waals surface area contributed by atoms with E-state index < -0.39 is 0 Å². The molecule has 0 radical (unpaired) electrons. The first-order chi connectivity index (χ1) is 16.3. The van der Waals surface area contributed by atoms with Gasteiger partial charge in [0, 0.05) is 37.3 Å². The first-order valence-electron chi connectivity index (χ1n) is 12.2. The van der Waals surface area contributed by atoms with Crippen molar-refractivity contribution in [3.63, 3.8) is 0 Å². The number of nitrogens with one attached hydrogen (secondary N) is 1. The molecule has 0 bridgehead atoms. The fourth-order valence-electron chi connectivity index (χ4n) is 5.56. The lowest BCUT2D eigenvalue weighted by Gasteiger charge is -2.39. The van der Waals surface area contributed by atoms with Crippen molar-refractivity contribution in [3.8, 4) is 22.6 Å². The number of aliphatic hydroxyl groups excluding tert-OH is 1. The van der Waals surface area contributed by atoms with Gasteiger partial charge in [-0.15, -0.1) is 4.91 Å². The van der Waals surface area contributed by atoms with Crippen molar-refractivity contribution in [1.82, 2.24) is 5.32 Å². The molecule has 2 N–H and O–H groups in total. The first-order valence-corrected chi connectivity index (χ1v) is 12.2. The van der Waals surface area contributed by atoms with Crippen LogP contribution in [-0.4, -0.2) is 50.1 Å². The summed E-state index contributed by atoms with van der Waals surface area (Å²) in [6.07, 6.45) is 6.77. The maximum absolute atomic E-state index is 12.0. The topological polar surface area (TPSA) is 83.4 Å². The van der Waals surface area contributed by atoms with Crippen molar-refractivity contribution < 1.29 is 14.6 Å². The molecule has 3 aliphatic rings. The number of hydrogen-bond acceptors (Lipinski definition) is 7. The fourth-order valence-corrected chi connectivity index (χ4v) is 5.56. The van der Waals surface area contributed by atoms with E-state index in [4.69, 9.17) is 9.47 Å². The van der Waals surface area contributed by atoms with Gasteiger partial charge in [-0.2, -0.15) is 0 Å². The average Bonchev–Trinajstić information content (AvgIpc) is 2.88. The lowest BCUT2D eigenvalue weighted by molar-refractivity contribution is 0.142. The number of piperidine rings is 1. The lowest BCUT2D eigenvalue weighted by Crippen LogP contribution is -2.50. The first kappa shape index (κ1) is 22.2. The normalized spacial score (nSPS) is 23.4. The van der Waals surface area contributed by atoms with Gasteiger partial charge in [0.15, 0.2) is 11.5 Å². The predicted octanol–water partition coefficient (Wildman–Crippen LogP) is 4.63. The molecular weight excluding hydrogens is 418 g/mol. The highest BCUT2D eigenvalue weighted by Crippen LogP contribution is 2.42. The number of hydrogen-bond donors (Lipinski definition) is 2. The summed E-state index contributed by atoms with van der Waals surface area (Å²) in [4.78, 5) is 14.3. The van der Waals surface area contributed by atoms with Gasteiger partial charge in [-0.3, -0.25) is 0 Å². The number of anilines is 1. The zero-order valence-electron chi connectivity index (χ0n) is 19.0. The van der Waals surface area contributed by atoms with E-state index in [0.29, 0.717) is 42.7 Å². The van der Waals surface area contributed by atoms with Gasteiger partial charge < -0.3 is 24.8 Å². The Bertz CT molecular complexity index is 974. The van der Waals surface area contributed by atoms with Crippen LogP contribution in [-0.2, 0) is 0 Å². The van der Waals surface area contributed by atoms with Crippen LogP contribution in [0.15, 0.2) is 41.6 Å². The van der Waals surface area contributed by atoms with E-state index in [-0.39, 0.29) is 6.61 Å². The molecular formula is C26H33N3O4. The minimum absolute atomic E-state index is 0.275. The molecule has 0 spiro atoms. The van der Waals surface area contributed by atoms with Crippen molar-refractivity contribution in [2.24, 2.45) is 11.1 Å². The standard InChI is InChI=1S/C26H33N3O4/c30-17-19-4-1-2-6-22(19)27-20-10-12-29(13-11-20)23-7-3-5-21(26(23)28-31)18-8-9-24-25(16-18)33-15-14-32-24/h3,5,7-9,16,19-20,22,27,30H,1-2,4,6,10-15,17H2. The molecule has 2 aliphatic heterocycles. The van der Waals surface area contributed by atoms with Gasteiger partial charge in [-0.05, 0) is 60.5 Å². The predicted molar refractivity (Wildman–Crippen MR) is 130 cm³/mol. The molecule has 2 heterocycles. The van der Waals surface area contributed by atoms with E-state index in [1.54, 1.807) is 0 Å². The number of nitroso groups, excluding NO2 is 1. The van der Waals surface area contributed by atoms with Crippen LogP contribution in [0.4, 0.5) is 11.4 Å². The zero-order valence-corrected chi connectivity index (χ0v) is 19.0. The molecule has 7 nitrogen and oxygen atoms in total. The maximum atomic E-state index is 12.0. The molecule has 176 valence electrons. The third-order valence-corrected chi connectivity index (χ3v) is 7.39. The molecule has 2 aromatic carbocycles. The highest BCUT2D eigenvalue weighted by atomic mass is 16.6. The van der Waals surface area contributed by atoms with E-state index in [0.717, 1.165) is 61.3 Å². The molecule has 33 heavy (non-hydrogen) atoms. The molecule has 1 saturated heterocycles. The number of rotatable bonds is 6. The van der Waals surface area contributed by atoms with E-state index >= 15 is 0 Å². The number of fused-ring (bicyclic) bond motifs is 1. The van der Waals surface area contributed by atoms with Crippen molar-refractivity contribution in [1.29, 1.82) is 0 Å². The molecule has 7 heteroatoms. The maximum Gasteiger partial charge on any atom is 0.161 e. The fraction of sp³-hybridized carbons (Fsp3) is 0.538. The van der Waals surface area contributed by atoms with Crippen molar-refractivity contribution in [3.05, 3.63) is 41.3 Å². The SMILES string of the molecule is O=Nc1c(-c2ccc3c(c2)OCCO3)cccc1N1CCC(NC2CCCCC2CO)CC1. The van der Waals surface area contributed by atoms with E-state index in [2.05, 4.69) is 15.4 Å². The van der Waals surface area contributed by atoms with Crippen LogP contribution in [0.25, 0.3) is 11.1 Å². The summed E-state index contributed by atoms with van der Waals surface area (Å²) >= 11 is 0. The van der Waals surface area contributed by atoms with Gasteiger partial charge in [0.05, 0.1) is 5.69 Å². The van der Waals surface area contributed by atoms with E-state index in [1.165, 1.54) is 12.8 Å². The molecule has 2 fully saturated rings. The Labute approximate surface area is 195 Å². The summed E-state index contributed by atoms with van der Waals surface area (Å²) in [7, 11) is 0. The van der Waals surface area contributed by atoms with E-state index in [9.17, 15) is 10.0 Å². The largest absolute Gasteiger partial charge is 0.486 e. The van der Waals surface area contributed by atoms with Crippen LogP contribution in [0, 0.1) is 10.8 Å². The Morgan fingerprint density at radius 2 is 1.79 bits per heavy atom. The second-order valence-electron chi connectivity index (χ2n) is 9.38. The number of benzene rings is 2. The minimum atomic E-state index is 0.275. The minimum Gasteiger partial charge on any atom is -0.486 e. The summed E-state index contributed by atoms with van der Waals surface area (Å²) in [6, 6.07) is 12.6. The molecule has 2 unspecified atom stereocenters. The van der Waals surface area contributed by atoms with Crippen LogP contribution >= 0.6 is 0 Å². The van der Waals surface area contributed by atoms with Crippen molar-refractivity contribution in [2.75, 3.05) is 37.8 Å². The zero-order chi connectivity index (χ0) is 22.6. The molecule has 2 atom stereocenters. The Morgan fingerprint density at radius 1 is 1.00 bits per heavy atom. The van der Waals surface area contributed by atoms with Crippen LogP contribution in [0.3, 0.4) is 0 Å². The number of ether oxygens (including phenoxy) is 2. The van der Waals surface area contributed by atoms with Crippen LogP contribution in [0.1, 0.15) is 38.5 Å². The van der Waals surface area contributed by atoms with Crippen LogP contribution < -0.4 is 19.7 Å². The Kier molecular flexibility index (Phi) is 6.78. The van der Waals surface area contributed by atoms with Gasteiger partial charge in [0.1, 0.15) is 18.9 Å². The van der Waals surface area contributed by atoms with Crippen molar-refractivity contribution >= 4 is 11.4 Å². The Morgan fingerprint density at radius 3 is 2.58 bits per heavy atom. The monoisotopic (exact) mass is 451 g/mol. The highest BCUT2D eigenvalue weighted by molar-refractivity contribution is 5.86. The van der Waals surface area contributed by atoms with Crippen molar-refractivity contribution in [2.45, 2.75) is 50.6 Å². The summed E-state index contributed by atoms with van der Waals surface area (Å²) in [5.74, 6) is 1.82. The average molecular weight is 452 g/mol. The number of nitrogens with zero attached hydrogens (tertiary/aromatic N) is 2. The smallest absolute Gasteiger partial charge is 0.161 e. The summed E-state index contributed by atoms with van der Waals surface area (Å²) in [6.45, 7) is 3.10. The molecule has 0 aromatic heterocycles. The van der Waals surface area contributed by atoms with Gasteiger partial charge in [-0.25, -0.2) is 0 Å². The second-order valence-corrected chi connectivity index (χ2v) is 9.38. The van der Waals surface area contributed by atoms with Crippen LogP contribution in [0.2, 0.25) is 0 Å². The molecule has 0 amide bonds. The van der Waals surface area contributed by atoms with Gasteiger partial charge in [0.25, 0.3) is 0 Å². The molecule has 5 rings (SSSR count). The second kappa shape index (κ2) is 10.1. The quantitative estimate of drug-likeness (QED) is 0.623. The summed E-state index contributed by atoms with van der Waals surface area (Å²) < 4.78 is 11.4. The Hall–Kier alpha value is -2.64. The highest BCUT2D eigenvalue weighted by Gasteiger charge is 2.29. The molecule has 1 aliphatic carbocycles. The molecule has 1 saturated carbocycles. The third-order valence-electron chi connectivity index (χ3n) is 7.39. The van der Waals surface area contributed by atoms with Gasteiger partial charge in [0.2, 0.25) is 0 Å². The van der Waals surface area contributed by atoms with Crippen LogP contribution in [0.5, 0.6) is 11.5 Å². The lowest BCUT2D eigenvalue weighted by atomic mass is 9.84. The summed E-state index contributed by atoms with van der Waals surface area (Å²) in [5.41, 5.74) is 3.09. The van der Waals surface area contributed by atoms with Gasteiger partial charge >= 0.3 is 0 Å². The van der Waals surface area contributed by atoms with Gasteiger partial charge in [-0.1, -0.05) is 31.0 Å². The number of aliphatic hydroxyl groups is 1.